The third-order valence-corrected chi connectivity index (χ3v) is 1.64. The van der Waals surface area contributed by atoms with Crippen LogP contribution in [0.1, 0.15) is 17.3 Å². The van der Waals surface area contributed by atoms with Crippen LogP contribution in [0.2, 0.25) is 0 Å². The smallest absolute Gasteiger partial charge is 0.0708 e. The van der Waals surface area contributed by atoms with Crippen molar-refractivity contribution >= 4 is 0 Å². The monoisotopic (exact) mass is 168 g/mol. The molecule has 4 nitrogen and oxygen atoms in total. The van der Waals surface area contributed by atoms with E-state index in [0.717, 1.165) is 0 Å². The molecule has 12 heavy (non-hydrogen) atoms. The molecule has 1 atom stereocenters. The van der Waals surface area contributed by atoms with Crippen molar-refractivity contribution in [3.63, 3.8) is 0 Å². The Hall–Kier alpha value is -0.970. The van der Waals surface area contributed by atoms with Crippen molar-refractivity contribution < 1.29 is 10.2 Å². The lowest BCUT2D eigenvalue weighted by Crippen LogP contribution is -2.18. The molecule has 0 saturated carbocycles. The molecule has 4 N–H and O–H groups in total. The van der Waals surface area contributed by atoms with Crippen molar-refractivity contribution in [2.75, 3.05) is 6.61 Å². The highest BCUT2D eigenvalue weighted by molar-refractivity contribution is 5.21. The summed E-state index contributed by atoms with van der Waals surface area (Å²) < 4.78 is 0. The second-order valence-electron chi connectivity index (χ2n) is 2.49. The number of nitrogens with zero attached hydrogens (tertiary/aromatic N) is 1. The van der Waals surface area contributed by atoms with E-state index in [9.17, 15) is 0 Å². The van der Waals surface area contributed by atoms with E-state index >= 15 is 0 Å². The lowest BCUT2D eigenvalue weighted by molar-refractivity contribution is 0.256. The van der Waals surface area contributed by atoms with E-state index in [2.05, 4.69) is 4.98 Å². The quantitative estimate of drug-likeness (QED) is 0.572. The van der Waals surface area contributed by atoms with Crippen LogP contribution in [0.15, 0.2) is 18.3 Å². The van der Waals surface area contributed by atoms with Crippen molar-refractivity contribution in [3.05, 3.63) is 29.6 Å². The molecular weight excluding hydrogens is 156 g/mol. The highest BCUT2D eigenvalue weighted by Gasteiger charge is 2.09. The maximum Gasteiger partial charge on any atom is 0.0708 e. The van der Waals surface area contributed by atoms with Crippen LogP contribution < -0.4 is 5.73 Å². The summed E-state index contributed by atoms with van der Waals surface area (Å²) >= 11 is 0. The molecule has 0 fully saturated rings. The molecule has 0 amide bonds. The fraction of sp³-hybridized carbons (Fsp3) is 0.375. The number of aliphatic hydroxyl groups excluding tert-OH is 2. The van der Waals surface area contributed by atoms with E-state index in [0.29, 0.717) is 11.3 Å². The molecule has 4 heteroatoms. The molecular formula is C8H12N2O2. The number of hydrogen-bond donors (Lipinski definition) is 3. The van der Waals surface area contributed by atoms with Gasteiger partial charge >= 0.3 is 0 Å². The van der Waals surface area contributed by atoms with Gasteiger partial charge in [-0.05, 0) is 6.07 Å². The van der Waals surface area contributed by atoms with Gasteiger partial charge in [0.05, 0.1) is 24.9 Å². The number of aliphatic hydroxyl groups is 2. The van der Waals surface area contributed by atoms with Gasteiger partial charge in [0.15, 0.2) is 0 Å². The average molecular weight is 168 g/mol. The molecule has 1 aromatic heterocycles. The Morgan fingerprint density at radius 2 is 2.25 bits per heavy atom. The molecule has 0 saturated heterocycles. The predicted octanol–water partition coefficient (Wildman–Crippen LogP) is -0.434. The molecule has 0 spiro atoms. The zero-order valence-corrected chi connectivity index (χ0v) is 6.64. The van der Waals surface area contributed by atoms with E-state index < -0.39 is 6.04 Å². The van der Waals surface area contributed by atoms with Gasteiger partial charge in [-0.25, -0.2) is 0 Å². The Morgan fingerprint density at radius 3 is 2.83 bits per heavy atom. The maximum absolute atomic E-state index is 8.89. The normalized spacial score (nSPS) is 12.9. The van der Waals surface area contributed by atoms with Gasteiger partial charge in [-0.15, -0.1) is 0 Å². The Balaban J connectivity index is 2.96. The zero-order chi connectivity index (χ0) is 8.97. The number of aromatic nitrogens is 1. The van der Waals surface area contributed by atoms with Crippen LogP contribution in [0.4, 0.5) is 0 Å². The van der Waals surface area contributed by atoms with Crippen molar-refractivity contribution in [2.24, 2.45) is 5.73 Å². The molecule has 1 aromatic rings. The lowest BCUT2D eigenvalue weighted by atomic mass is 10.1. The van der Waals surface area contributed by atoms with E-state index in [4.69, 9.17) is 15.9 Å². The summed E-state index contributed by atoms with van der Waals surface area (Å²) in [5.74, 6) is 0. The summed E-state index contributed by atoms with van der Waals surface area (Å²) in [4.78, 5) is 3.98. The third-order valence-electron chi connectivity index (χ3n) is 1.64. The minimum Gasteiger partial charge on any atom is -0.394 e. The van der Waals surface area contributed by atoms with Gasteiger partial charge in [0.2, 0.25) is 0 Å². The number of hydrogen-bond acceptors (Lipinski definition) is 4. The van der Waals surface area contributed by atoms with Crippen LogP contribution in [0.3, 0.4) is 0 Å². The van der Waals surface area contributed by atoms with Crippen molar-refractivity contribution in [1.29, 1.82) is 0 Å². The van der Waals surface area contributed by atoms with Crippen LogP contribution in [-0.4, -0.2) is 21.8 Å². The van der Waals surface area contributed by atoms with E-state index in [-0.39, 0.29) is 13.2 Å². The second-order valence-corrected chi connectivity index (χ2v) is 2.49. The van der Waals surface area contributed by atoms with Crippen LogP contribution >= 0.6 is 0 Å². The largest absolute Gasteiger partial charge is 0.394 e. The van der Waals surface area contributed by atoms with Crippen LogP contribution in [0, 0.1) is 0 Å². The van der Waals surface area contributed by atoms with Crippen LogP contribution in [0.25, 0.3) is 0 Å². The first-order chi connectivity index (χ1) is 5.79. The molecule has 0 aromatic carbocycles. The molecule has 66 valence electrons. The molecule has 1 rings (SSSR count). The summed E-state index contributed by atoms with van der Waals surface area (Å²) in [6.07, 6.45) is 1.59. The maximum atomic E-state index is 8.89. The summed E-state index contributed by atoms with van der Waals surface area (Å²) in [6.45, 7) is -0.263. The first-order valence-corrected chi connectivity index (χ1v) is 3.70. The Bertz CT molecular complexity index is 253. The number of pyridine rings is 1. The molecule has 0 bridgehead atoms. The highest BCUT2D eigenvalue weighted by atomic mass is 16.3. The summed E-state index contributed by atoms with van der Waals surface area (Å²) in [5.41, 5.74) is 6.77. The summed E-state index contributed by atoms with van der Waals surface area (Å²) in [5, 5.41) is 17.6. The van der Waals surface area contributed by atoms with Crippen molar-refractivity contribution in [1.82, 2.24) is 4.98 Å². The molecule has 0 aliphatic heterocycles. The Morgan fingerprint density at radius 1 is 1.50 bits per heavy atom. The van der Waals surface area contributed by atoms with E-state index in [1.54, 1.807) is 18.3 Å². The predicted molar refractivity (Wildman–Crippen MR) is 44.2 cm³/mol. The average Bonchev–Trinajstić information content (AvgIpc) is 2.16. The first-order valence-electron chi connectivity index (χ1n) is 3.70. The van der Waals surface area contributed by atoms with Crippen molar-refractivity contribution in [3.8, 4) is 0 Å². The standard InChI is InChI=1S/C8H12N2O2/c9-7(5-12)8-6(4-11)2-1-3-10-8/h1-3,7,11-12H,4-5,9H2/t7-/m1/s1. The summed E-state index contributed by atoms with van der Waals surface area (Å²) in [6, 6.07) is 2.95. The fourth-order valence-electron chi connectivity index (χ4n) is 1.00. The summed E-state index contributed by atoms with van der Waals surface area (Å²) in [7, 11) is 0. The van der Waals surface area contributed by atoms with Gasteiger partial charge in [0.25, 0.3) is 0 Å². The second kappa shape index (κ2) is 4.15. The molecule has 0 unspecified atom stereocenters. The van der Waals surface area contributed by atoms with Gasteiger partial charge in [-0.1, -0.05) is 6.07 Å². The Labute approximate surface area is 70.7 Å². The third kappa shape index (κ3) is 1.79. The fourth-order valence-corrected chi connectivity index (χ4v) is 1.00. The SMILES string of the molecule is N[C@H](CO)c1ncccc1CO. The van der Waals surface area contributed by atoms with Gasteiger partial charge in [-0.2, -0.15) is 0 Å². The molecule has 1 heterocycles. The number of rotatable bonds is 3. The molecule has 0 aliphatic rings. The van der Waals surface area contributed by atoms with Gasteiger partial charge in [0, 0.05) is 11.8 Å². The van der Waals surface area contributed by atoms with Gasteiger partial charge < -0.3 is 15.9 Å². The highest BCUT2D eigenvalue weighted by Crippen LogP contribution is 2.11. The van der Waals surface area contributed by atoms with Crippen molar-refractivity contribution in [2.45, 2.75) is 12.6 Å². The molecule has 0 radical (unpaired) electrons. The minimum atomic E-state index is -0.506. The van der Waals surface area contributed by atoms with Crippen LogP contribution in [-0.2, 0) is 6.61 Å². The molecule has 0 aliphatic carbocycles. The topological polar surface area (TPSA) is 79.4 Å². The lowest BCUT2D eigenvalue weighted by Gasteiger charge is -2.10. The van der Waals surface area contributed by atoms with Crippen LogP contribution in [0.5, 0.6) is 0 Å². The minimum absolute atomic E-state index is 0.100. The zero-order valence-electron chi connectivity index (χ0n) is 6.64. The van der Waals surface area contributed by atoms with Gasteiger partial charge in [0.1, 0.15) is 0 Å². The van der Waals surface area contributed by atoms with E-state index in [1.165, 1.54) is 0 Å². The van der Waals surface area contributed by atoms with E-state index in [1.807, 2.05) is 0 Å². The van der Waals surface area contributed by atoms with Gasteiger partial charge in [-0.3, -0.25) is 4.98 Å². The number of nitrogens with two attached hydrogens (primary N) is 1. The Kier molecular flexibility index (Phi) is 3.16. The first kappa shape index (κ1) is 9.12.